The molecule has 0 saturated carbocycles. The number of oxime groups is 1. The lowest BCUT2D eigenvalue weighted by molar-refractivity contribution is -0.138. The lowest BCUT2D eigenvalue weighted by Gasteiger charge is -2.30. The number of benzene rings is 1. The second-order valence-electron chi connectivity index (χ2n) is 7.48. The highest BCUT2D eigenvalue weighted by molar-refractivity contribution is 5.87. The van der Waals surface area contributed by atoms with Crippen LogP contribution in [0.1, 0.15) is 65.0 Å². The molecule has 1 atom stereocenters. The number of carbonyl (C=O) groups is 1. The quantitative estimate of drug-likeness (QED) is 0.543. The zero-order chi connectivity index (χ0) is 22.0. The van der Waals surface area contributed by atoms with Crippen molar-refractivity contribution < 1.29 is 22.8 Å². The first kappa shape index (κ1) is 25.0. The Balaban J connectivity index is 0.00000204. The molecule has 2 rings (SSSR count). The minimum Gasteiger partial charge on any atom is -0.391 e. The summed E-state index contributed by atoms with van der Waals surface area (Å²) in [7, 11) is 0. The summed E-state index contributed by atoms with van der Waals surface area (Å²) < 4.78 is 38.1. The number of hydrogen-bond donors (Lipinski definition) is 0. The Labute approximate surface area is 172 Å². The molecule has 0 bridgehead atoms. The number of piperidine rings is 1. The maximum Gasteiger partial charge on any atom is 0.416 e. The van der Waals surface area contributed by atoms with Crippen LogP contribution in [0, 0.1) is 11.8 Å². The van der Waals surface area contributed by atoms with Crippen LogP contribution in [-0.2, 0) is 22.4 Å². The maximum absolute atomic E-state index is 12.7. The number of alkyl halides is 3. The van der Waals surface area contributed by atoms with Gasteiger partial charge in [0.05, 0.1) is 11.3 Å². The summed E-state index contributed by atoms with van der Waals surface area (Å²) in [6.07, 6.45) is -2.24. The minimum absolute atomic E-state index is 0.0124. The van der Waals surface area contributed by atoms with Gasteiger partial charge in [-0.15, -0.1) is 0 Å². The van der Waals surface area contributed by atoms with E-state index in [0.29, 0.717) is 37.4 Å². The largest absolute Gasteiger partial charge is 0.416 e. The van der Waals surface area contributed by atoms with Crippen LogP contribution in [0.3, 0.4) is 0 Å². The highest BCUT2D eigenvalue weighted by Gasteiger charge is 2.30. The Morgan fingerprint density at radius 3 is 2.34 bits per heavy atom. The van der Waals surface area contributed by atoms with E-state index in [2.05, 4.69) is 19.0 Å². The summed E-state index contributed by atoms with van der Waals surface area (Å²) in [5.74, 6) is 0.670. The van der Waals surface area contributed by atoms with E-state index in [9.17, 15) is 18.0 Å². The van der Waals surface area contributed by atoms with Crippen LogP contribution >= 0.6 is 0 Å². The molecule has 1 heterocycles. The second-order valence-corrected chi connectivity index (χ2v) is 7.48. The fraction of sp³-hybridized carbons (Fsp3) is 0.636. The van der Waals surface area contributed by atoms with Crippen LogP contribution in [0.15, 0.2) is 29.4 Å². The van der Waals surface area contributed by atoms with Crippen molar-refractivity contribution in [2.45, 2.75) is 66.7 Å². The van der Waals surface area contributed by atoms with Gasteiger partial charge >= 0.3 is 6.18 Å². The molecule has 0 radical (unpaired) electrons. The van der Waals surface area contributed by atoms with E-state index >= 15 is 0 Å². The third-order valence-electron chi connectivity index (χ3n) is 4.58. The summed E-state index contributed by atoms with van der Waals surface area (Å²) in [5, 5.41) is 4.05. The van der Waals surface area contributed by atoms with Crippen molar-refractivity contribution in [2.24, 2.45) is 17.0 Å². The second kappa shape index (κ2) is 11.8. The van der Waals surface area contributed by atoms with Crippen molar-refractivity contribution in [3.63, 3.8) is 0 Å². The molecule has 1 fully saturated rings. The van der Waals surface area contributed by atoms with Crippen LogP contribution in [-0.4, -0.2) is 29.6 Å². The van der Waals surface area contributed by atoms with Gasteiger partial charge in [-0.05, 0) is 30.0 Å². The molecule has 1 aliphatic rings. The van der Waals surface area contributed by atoms with E-state index in [1.165, 1.54) is 6.07 Å². The molecule has 1 aliphatic heterocycles. The first-order valence-corrected chi connectivity index (χ1v) is 10.3. The number of halogens is 3. The molecule has 0 aromatic heterocycles. The lowest BCUT2D eigenvalue weighted by atomic mass is 9.96. The van der Waals surface area contributed by atoms with Gasteiger partial charge in [0, 0.05) is 31.8 Å². The van der Waals surface area contributed by atoms with Gasteiger partial charge in [0.1, 0.15) is 6.61 Å². The van der Waals surface area contributed by atoms with Gasteiger partial charge in [-0.1, -0.05) is 51.9 Å². The predicted octanol–water partition coefficient (Wildman–Crippen LogP) is 5.91. The number of carbonyl (C=O) groups excluding carboxylic acids is 1. The molecule has 7 heteroatoms. The third-order valence-corrected chi connectivity index (χ3v) is 4.58. The van der Waals surface area contributed by atoms with Gasteiger partial charge in [-0.3, -0.25) is 4.79 Å². The van der Waals surface area contributed by atoms with Crippen LogP contribution in [0.4, 0.5) is 13.2 Å². The Morgan fingerprint density at radius 2 is 1.79 bits per heavy atom. The Hall–Kier alpha value is -2.05. The van der Waals surface area contributed by atoms with E-state index in [4.69, 9.17) is 4.84 Å². The van der Waals surface area contributed by atoms with Crippen molar-refractivity contribution in [3.05, 3.63) is 35.4 Å². The molecule has 1 amide bonds. The topological polar surface area (TPSA) is 41.9 Å². The first-order valence-electron chi connectivity index (χ1n) is 10.3. The number of amides is 1. The molecular formula is C22H33F3N2O2. The molecule has 164 valence electrons. The minimum atomic E-state index is -4.37. The van der Waals surface area contributed by atoms with Crippen LogP contribution in [0.5, 0.6) is 0 Å². The third kappa shape index (κ3) is 8.46. The monoisotopic (exact) mass is 414 g/mol. The van der Waals surface area contributed by atoms with Gasteiger partial charge in [0.15, 0.2) is 0 Å². The van der Waals surface area contributed by atoms with Crippen LogP contribution < -0.4 is 0 Å². The molecule has 0 N–H and O–H groups in total. The molecule has 1 unspecified atom stereocenters. The molecule has 1 saturated heterocycles. The average Bonchev–Trinajstić information content (AvgIpc) is 2.68. The molecule has 1 aromatic rings. The van der Waals surface area contributed by atoms with Gasteiger partial charge in [0.2, 0.25) is 5.91 Å². The van der Waals surface area contributed by atoms with Gasteiger partial charge in [-0.2, -0.15) is 13.2 Å². The van der Waals surface area contributed by atoms with Gasteiger partial charge in [0.25, 0.3) is 0 Å². The van der Waals surface area contributed by atoms with Gasteiger partial charge < -0.3 is 9.74 Å². The van der Waals surface area contributed by atoms with E-state index in [0.717, 1.165) is 24.3 Å². The zero-order valence-corrected chi connectivity index (χ0v) is 18.1. The van der Waals surface area contributed by atoms with Gasteiger partial charge in [-0.25, -0.2) is 0 Å². The zero-order valence-electron chi connectivity index (χ0n) is 18.1. The molecule has 0 spiro atoms. The van der Waals surface area contributed by atoms with Crippen molar-refractivity contribution in [3.8, 4) is 0 Å². The summed E-state index contributed by atoms with van der Waals surface area (Å²) in [6, 6.07) is 5.03. The fourth-order valence-electron chi connectivity index (χ4n) is 3.23. The SMILES string of the molecule is CC.CC(C)CC(C)C(=O)N1CCC(=NOCc2cccc(C(F)(F)F)c2)CC1. The lowest BCUT2D eigenvalue weighted by Crippen LogP contribution is -2.41. The summed E-state index contributed by atoms with van der Waals surface area (Å²) in [4.78, 5) is 19.5. The molecule has 29 heavy (non-hydrogen) atoms. The Morgan fingerprint density at radius 1 is 1.17 bits per heavy atom. The fourth-order valence-corrected chi connectivity index (χ4v) is 3.23. The van der Waals surface area contributed by atoms with Crippen LogP contribution in [0.2, 0.25) is 0 Å². The van der Waals surface area contributed by atoms with Crippen molar-refractivity contribution in [1.29, 1.82) is 0 Å². The average molecular weight is 415 g/mol. The standard InChI is InChI=1S/C20H27F3N2O2.C2H6/c1-14(2)11-15(3)19(26)25-9-7-18(8-10-25)24-27-13-16-5-4-6-17(12-16)20(21,22)23;1-2/h4-6,12,14-15H,7-11,13H2,1-3H3;1-2H3. The van der Waals surface area contributed by atoms with Crippen LogP contribution in [0.25, 0.3) is 0 Å². The Kier molecular flexibility index (Phi) is 10.2. The van der Waals surface area contributed by atoms with E-state index in [1.807, 2.05) is 25.7 Å². The highest BCUT2D eigenvalue weighted by Crippen LogP contribution is 2.29. The first-order chi connectivity index (χ1) is 13.7. The molecule has 0 aliphatic carbocycles. The number of rotatable bonds is 6. The molecule has 1 aromatic carbocycles. The van der Waals surface area contributed by atoms with Crippen molar-refractivity contribution >= 4 is 11.6 Å². The highest BCUT2D eigenvalue weighted by atomic mass is 19.4. The van der Waals surface area contributed by atoms with E-state index in [1.54, 1.807) is 6.07 Å². The summed E-state index contributed by atoms with van der Waals surface area (Å²) in [6.45, 7) is 11.4. The summed E-state index contributed by atoms with van der Waals surface area (Å²) in [5.41, 5.74) is 0.561. The van der Waals surface area contributed by atoms with E-state index in [-0.39, 0.29) is 18.4 Å². The molecular weight excluding hydrogens is 381 g/mol. The number of hydrogen-bond acceptors (Lipinski definition) is 3. The number of likely N-dealkylation sites (tertiary alicyclic amines) is 1. The van der Waals surface area contributed by atoms with Crippen molar-refractivity contribution in [1.82, 2.24) is 4.90 Å². The maximum atomic E-state index is 12.7. The van der Waals surface area contributed by atoms with E-state index < -0.39 is 11.7 Å². The smallest absolute Gasteiger partial charge is 0.391 e. The summed E-state index contributed by atoms with van der Waals surface area (Å²) >= 11 is 0. The molecule has 4 nitrogen and oxygen atoms in total. The van der Waals surface area contributed by atoms with Crippen molar-refractivity contribution in [2.75, 3.05) is 13.1 Å². The number of nitrogens with zero attached hydrogens (tertiary/aromatic N) is 2. The predicted molar refractivity (Wildman–Crippen MR) is 109 cm³/mol. The normalized spacial score (nSPS) is 15.5. The Bertz CT molecular complexity index is 662.